The first kappa shape index (κ1) is 37.5. The number of alkyl halides is 3. The van der Waals surface area contributed by atoms with Gasteiger partial charge in [-0.3, -0.25) is 14.1 Å². The Balaban J connectivity index is 0.000000727. The number of benzene rings is 1. The number of carbonyl (C=O) groups excluding carboxylic acids is 2. The first-order valence-electron chi connectivity index (χ1n) is 13.9. The van der Waals surface area contributed by atoms with Gasteiger partial charge in [0.15, 0.2) is 10.8 Å². The van der Waals surface area contributed by atoms with Crippen molar-refractivity contribution in [1.82, 2.24) is 24.9 Å². The highest BCUT2D eigenvalue weighted by Gasteiger charge is 2.51. The quantitative estimate of drug-likeness (QED) is 0.0558. The lowest BCUT2D eigenvalue weighted by atomic mass is 10.0. The maximum Gasteiger partial charge on any atom is 0.490 e. The molecular formula is C26H27F3N8O11S2. The highest BCUT2D eigenvalue weighted by Crippen LogP contribution is 2.27. The van der Waals surface area contributed by atoms with E-state index in [9.17, 15) is 45.6 Å². The van der Waals surface area contributed by atoms with Crippen LogP contribution in [0.4, 0.5) is 24.1 Å². The molecule has 3 aromatic rings. The van der Waals surface area contributed by atoms with Crippen LogP contribution in [0.3, 0.4) is 0 Å². The van der Waals surface area contributed by atoms with Crippen LogP contribution in [0.25, 0.3) is 10.8 Å². The Hall–Kier alpha value is -5.33. The molecule has 3 atom stereocenters. The van der Waals surface area contributed by atoms with Gasteiger partial charge in [-0.05, 0) is 36.6 Å². The van der Waals surface area contributed by atoms with Crippen LogP contribution in [0.15, 0.2) is 41.0 Å². The number of pyridine rings is 1. The number of nitrogens with one attached hydrogen (secondary N) is 3. The van der Waals surface area contributed by atoms with E-state index in [4.69, 9.17) is 25.2 Å². The number of nitrogens with two attached hydrogens (primary N) is 1. The van der Waals surface area contributed by atoms with Crippen LogP contribution in [0.5, 0.6) is 5.75 Å². The largest absolute Gasteiger partial charge is 0.490 e. The van der Waals surface area contributed by atoms with E-state index >= 15 is 0 Å². The summed E-state index contributed by atoms with van der Waals surface area (Å²) in [5, 5.41) is 32.4. The first-order valence-corrected chi connectivity index (χ1v) is 16.2. The molecular weight excluding hydrogens is 721 g/mol. The third-order valence-electron chi connectivity index (χ3n) is 6.90. The van der Waals surface area contributed by atoms with Crippen molar-refractivity contribution in [1.29, 1.82) is 0 Å². The number of halogens is 3. The van der Waals surface area contributed by atoms with Gasteiger partial charge in [0, 0.05) is 30.1 Å². The number of aromatic nitrogens is 2. The number of hydrogen-bond acceptors (Lipinski definition) is 15. The Bertz CT molecular complexity index is 1920. The number of β-lactam (4-membered cyclic amide) rings is 1. The minimum atomic E-state index is -5.08. The molecule has 5 rings (SSSR count). The van der Waals surface area contributed by atoms with Gasteiger partial charge >= 0.3 is 28.4 Å². The Morgan fingerprint density at radius 2 is 1.92 bits per heavy atom. The highest BCUT2D eigenvalue weighted by molar-refractivity contribution is 7.84. The summed E-state index contributed by atoms with van der Waals surface area (Å²) >= 11 is 0.961. The van der Waals surface area contributed by atoms with E-state index in [0.29, 0.717) is 11.6 Å². The second-order valence-corrected chi connectivity index (χ2v) is 12.6. The summed E-state index contributed by atoms with van der Waals surface area (Å²) in [4.78, 5) is 59.6. The molecule has 19 nitrogen and oxygen atoms in total. The van der Waals surface area contributed by atoms with Crippen LogP contribution in [-0.4, -0.2) is 117 Å². The van der Waals surface area contributed by atoms with Crippen LogP contribution in [0.1, 0.15) is 12.6 Å². The molecule has 2 aromatic heterocycles. The van der Waals surface area contributed by atoms with Crippen LogP contribution >= 0.6 is 11.3 Å². The fraction of sp³-hybridized carbons (Fsp3) is 0.346. The number of nitrogens with zero attached hydrogens (tertiary/aromatic N) is 4. The molecule has 50 heavy (non-hydrogen) atoms. The lowest BCUT2D eigenvalue weighted by molar-refractivity contribution is -0.192. The van der Waals surface area contributed by atoms with E-state index < -0.39 is 70.7 Å². The van der Waals surface area contributed by atoms with Crippen molar-refractivity contribution >= 4 is 72.8 Å². The van der Waals surface area contributed by atoms with Gasteiger partial charge in [0.1, 0.15) is 29.9 Å². The standard InChI is InChI=1S/C24H26N8O9S2.C2HF3O2/c1-11-18(22(34)32(11)43(37,38)39)30-21(33)19(16-10-42-24(25)29-16)31-41-17(23(35)36)9-40-14-2-3-15-12(6-14)4-5-27-20(15)28-13-7-26-8-13;3-2(4,5)1(6)7/h2-6,10-11,13,17-18,26H,7-9H2,1H3,(H2,25,29)(H,27,28)(H,30,33)(H,35,36)(H,37,38,39);(H,6,7)/b31-19-;/t11-,17-,18-;/m0./s1. The van der Waals surface area contributed by atoms with Gasteiger partial charge < -0.3 is 41.5 Å². The van der Waals surface area contributed by atoms with Gasteiger partial charge in [0.25, 0.3) is 17.9 Å². The molecule has 0 aliphatic carbocycles. The Morgan fingerprint density at radius 3 is 2.44 bits per heavy atom. The second-order valence-electron chi connectivity index (χ2n) is 10.4. The van der Waals surface area contributed by atoms with Crippen LogP contribution in [0.2, 0.25) is 0 Å². The number of carboxylic acids is 2. The minimum Gasteiger partial charge on any atom is -0.489 e. The van der Waals surface area contributed by atoms with Crippen molar-refractivity contribution in [3.05, 3.63) is 41.5 Å². The number of thiazole rings is 1. The van der Waals surface area contributed by atoms with E-state index in [1.807, 2.05) is 0 Å². The van der Waals surface area contributed by atoms with Gasteiger partial charge in [-0.2, -0.15) is 21.6 Å². The minimum absolute atomic E-state index is 0.0634. The van der Waals surface area contributed by atoms with Crippen molar-refractivity contribution in [2.24, 2.45) is 5.16 Å². The Labute approximate surface area is 283 Å². The van der Waals surface area contributed by atoms with E-state index in [1.54, 1.807) is 30.5 Å². The fourth-order valence-electron chi connectivity index (χ4n) is 4.29. The SMILES string of the molecule is C[C@H]1[C@H](NC(=O)/C(=N\O[C@@H](COc2ccc3c(NC4CNC4)nccc3c2)C(=O)O)c2csc(N)n2)C(=O)N1S(=O)(=O)O.O=C(O)C(F)(F)F. The molecule has 0 spiro atoms. The van der Waals surface area contributed by atoms with Crippen molar-refractivity contribution < 1.29 is 65.1 Å². The summed E-state index contributed by atoms with van der Waals surface area (Å²) in [5.41, 5.74) is 5.06. The van der Waals surface area contributed by atoms with Crippen molar-refractivity contribution in [3.63, 3.8) is 0 Å². The number of nitrogen functional groups attached to an aromatic ring is 1. The lowest BCUT2D eigenvalue weighted by Gasteiger charge is -2.42. The maximum atomic E-state index is 13.0. The average Bonchev–Trinajstić information content (AvgIpc) is 3.43. The summed E-state index contributed by atoms with van der Waals surface area (Å²) in [7, 11) is -4.82. The molecule has 2 fully saturated rings. The summed E-state index contributed by atoms with van der Waals surface area (Å²) in [6.45, 7) is 2.46. The lowest BCUT2D eigenvalue weighted by Crippen LogP contribution is -2.71. The smallest absolute Gasteiger partial charge is 0.489 e. The predicted octanol–water partition coefficient (Wildman–Crippen LogP) is 0.0617. The van der Waals surface area contributed by atoms with Crippen molar-refractivity contribution in [3.8, 4) is 5.75 Å². The molecule has 0 unspecified atom stereocenters. The number of aliphatic carboxylic acids is 2. The fourth-order valence-corrected chi connectivity index (χ4v) is 5.72. The molecule has 2 saturated heterocycles. The zero-order valence-electron chi connectivity index (χ0n) is 25.3. The monoisotopic (exact) mass is 748 g/mol. The summed E-state index contributed by atoms with van der Waals surface area (Å²) in [5.74, 6) is -5.24. The number of anilines is 2. The van der Waals surface area contributed by atoms with Gasteiger partial charge in [-0.15, -0.1) is 11.3 Å². The third kappa shape index (κ3) is 9.01. The normalized spacial score (nSPS) is 18.5. The van der Waals surface area contributed by atoms with Gasteiger partial charge in [0.2, 0.25) is 0 Å². The topological polar surface area (TPSA) is 285 Å². The number of ether oxygens (including phenoxy) is 1. The Morgan fingerprint density at radius 1 is 1.24 bits per heavy atom. The van der Waals surface area contributed by atoms with Crippen molar-refractivity contribution in [2.45, 2.75) is 37.3 Å². The van der Waals surface area contributed by atoms with E-state index in [1.165, 1.54) is 12.3 Å². The second kappa shape index (κ2) is 15.1. The van der Waals surface area contributed by atoms with E-state index in [2.05, 4.69) is 31.1 Å². The number of carboxylic acid groups (broad SMARTS) is 2. The first-order chi connectivity index (χ1) is 23.4. The summed E-state index contributed by atoms with van der Waals surface area (Å²) < 4.78 is 69.5. The number of fused-ring (bicyclic) bond motifs is 1. The number of amides is 2. The predicted molar refractivity (Wildman–Crippen MR) is 167 cm³/mol. The molecule has 270 valence electrons. The average molecular weight is 749 g/mol. The van der Waals surface area contributed by atoms with Crippen LogP contribution in [0, 0.1) is 0 Å². The van der Waals surface area contributed by atoms with Crippen LogP contribution < -0.4 is 26.4 Å². The molecule has 0 radical (unpaired) electrons. The maximum absolute atomic E-state index is 13.0. The molecule has 8 N–H and O–H groups in total. The highest BCUT2D eigenvalue weighted by atomic mass is 32.2. The molecule has 2 aliphatic rings. The molecule has 2 amide bonds. The number of hydrogen-bond donors (Lipinski definition) is 7. The number of carbonyl (C=O) groups is 4. The summed E-state index contributed by atoms with van der Waals surface area (Å²) in [6.07, 6.45) is -5.11. The molecule has 2 aliphatic heterocycles. The zero-order chi connectivity index (χ0) is 37.0. The Kier molecular flexibility index (Phi) is 11.3. The van der Waals surface area contributed by atoms with Gasteiger partial charge in [-0.1, -0.05) is 5.16 Å². The van der Waals surface area contributed by atoms with E-state index in [-0.39, 0.29) is 21.2 Å². The van der Waals surface area contributed by atoms with Gasteiger partial charge in [-0.25, -0.2) is 23.9 Å². The van der Waals surface area contributed by atoms with E-state index in [0.717, 1.165) is 35.2 Å². The summed E-state index contributed by atoms with van der Waals surface area (Å²) in [6, 6.07) is 4.80. The molecule has 0 bridgehead atoms. The zero-order valence-corrected chi connectivity index (χ0v) is 27.0. The molecule has 24 heteroatoms. The van der Waals surface area contributed by atoms with Gasteiger partial charge in [0.05, 0.1) is 12.1 Å². The molecule has 1 aromatic carbocycles. The number of rotatable bonds is 12. The van der Waals surface area contributed by atoms with Crippen LogP contribution in [-0.2, 0) is 34.3 Å². The number of oxime groups is 1. The third-order valence-corrected chi connectivity index (χ3v) is 8.58. The molecule has 4 heterocycles. The molecule has 0 saturated carbocycles. The van der Waals surface area contributed by atoms with Crippen molar-refractivity contribution in [2.75, 3.05) is 30.7 Å².